The quantitative estimate of drug-likeness (QED) is 0.727. The van der Waals surface area contributed by atoms with Crippen LogP contribution in [-0.2, 0) is 22.4 Å². The van der Waals surface area contributed by atoms with Crippen LogP contribution in [0, 0.1) is 13.8 Å². The van der Waals surface area contributed by atoms with E-state index in [4.69, 9.17) is 0 Å². The van der Waals surface area contributed by atoms with E-state index in [0.29, 0.717) is 17.4 Å². The first-order valence-electron chi connectivity index (χ1n) is 10.4. The second-order valence-electron chi connectivity index (χ2n) is 8.36. The first-order chi connectivity index (χ1) is 14.3. The number of aryl methyl sites for hydroxylation is 2. The second kappa shape index (κ2) is 7.94. The van der Waals surface area contributed by atoms with Gasteiger partial charge in [-0.3, -0.25) is 14.6 Å². The monoisotopic (exact) mass is 405 g/mol. The van der Waals surface area contributed by atoms with Crippen LogP contribution in [0.25, 0.3) is 0 Å². The number of rotatable bonds is 4. The molecule has 0 radical (unpaired) electrons. The van der Waals surface area contributed by atoms with Gasteiger partial charge < -0.3 is 15.7 Å². The Morgan fingerprint density at radius 3 is 2.67 bits per heavy atom. The van der Waals surface area contributed by atoms with E-state index in [1.165, 1.54) is 16.7 Å². The average molecular weight is 405 g/mol. The Morgan fingerprint density at radius 1 is 1.27 bits per heavy atom. The Bertz CT molecular complexity index is 1050. The van der Waals surface area contributed by atoms with Crippen molar-refractivity contribution in [2.75, 3.05) is 11.9 Å². The number of amides is 2. The molecule has 0 fully saturated rings. The molecule has 0 bridgehead atoms. The van der Waals surface area contributed by atoms with Crippen molar-refractivity contribution in [3.05, 3.63) is 57.6 Å². The number of nitrogens with zero attached hydrogens (tertiary/aromatic N) is 1. The number of hydrogen-bond acceptors (Lipinski definition) is 4. The van der Waals surface area contributed by atoms with Crippen molar-refractivity contribution in [3.8, 4) is 5.75 Å². The summed E-state index contributed by atoms with van der Waals surface area (Å²) in [5.41, 5.74) is 7.76. The Labute approximate surface area is 176 Å². The molecule has 2 aliphatic rings. The van der Waals surface area contributed by atoms with Crippen LogP contribution in [0.5, 0.6) is 5.75 Å². The maximum atomic E-state index is 12.3. The highest BCUT2D eigenvalue weighted by Crippen LogP contribution is 2.39. The minimum absolute atomic E-state index is 0.00465. The number of anilines is 1. The topological polar surface area (TPSA) is 90.8 Å². The summed E-state index contributed by atoms with van der Waals surface area (Å²) in [5.74, 6) is 0.175. The highest BCUT2D eigenvalue weighted by molar-refractivity contribution is 6.45. The minimum Gasteiger partial charge on any atom is -0.508 e. The number of benzene rings is 2. The lowest BCUT2D eigenvalue weighted by atomic mass is 9.79. The van der Waals surface area contributed by atoms with Crippen LogP contribution < -0.4 is 10.6 Å². The Hall–Kier alpha value is -3.15. The summed E-state index contributed by atoms with van der Waals surface area (Å²) in [4.78, 5) is 27.5. The molecular weight excluding hydrogens is 378 g/mol. The van der Waals surface area contributed by atoms with Gasteiger partial charge in [-0.25, -0.2) is 0 Å². The third-order valence-electron chi connectivity index (χ3n) is 6.16. The number of aliphatic imine (C=N–C) groups is 1. The lowest BCUT2D eigenvalue weighted by Gasteiger charge is -2.26. The summed E-state index contributed by atoms with van der Waals surface area (Å²) in [5, 5.41) is 15.7. The molecule has 6 nitrogen and oxygen atoms in total. The molecule has 4 rings (SSSR count). The molecule has 0 aromatic heterocycles. The standard InChI is InChI=1S/C24H27N3O3/c1-13-5-4-6-18-16(7-8-20(28)22(13)18)11-19-14(2)9-17(10-15(19)3)26-24(30)23-25-12-21(29)27-23/h7-10,13,28H,4-6,11-12H2,1-3H3,(H,26,30)(H,25,27,29)/t13-/m0/s1. The van der Waals surface area contributed by atoms with Crippen LogP contribution in [0.1, 0.15) is 59.1 Å². The van der Waals surface area contributed by atoms with Gasteiger partial charge in [-0.2, -0.15) is 0 Å². The van der Waals surface area contributed by atoms with Gasteiger partial charge in [0.15, 0.2) is 5.84 Å². The van der Waals surface area contributed by atoms with Crippen molar-refractivity contribution in [1.29, 1.82) is 0 Å². The van der Waals surface area contributed by atoms with Crippen LogP contribution in [0.3, 0.4) is 0 Å². The molecule has 6 heteroatoms. The van der Waals surface area contributed by atoms with Crippen LogP contribution >= 0.6 is 0 Å². The Kier molecular flexibility index (Phi) is 5.33. The first-order valence-corrected chi connectivity index (χ1v) is 10.4. The van der Waals surface area contributed by atoms with Gasteiger partial charge in [0.05, 0.1) is 0 Å². The van der Waals surface area contributed by atoms with E-state index in [1.807, 2.05) is 38.1 Å². The number of nitrogens with one attached hydrogen (secondary N) is 2. The van der Waals surface area contributed by atoms with Crippen LogP contribution in [0.4, 0.5) is 5.69 Å². The number of carbonyl (C=O) groups is 2. The number of hydrogen-bond donors (Lipinski definition) is 3. The third-order valence-corrected chi connectivity index (χ3v) is 6.16. The molecule has 0 spiro atoms. The van der Waals surface area contributed by atoms with Gasteiger partial charge in [0.2, 0.25) is 5.91 Å². The van der Waals surface area contributed by atoms with Gasteiger partial charge in [-0.15, -0.1) is 0 Å². The maximum Gasteiger partial charge on any atom is 0.291 e. The molecule has 0 saturated heterocycles. The van der Waals surface area contributed by atoms with Crippen LogP contribution in [0.2, 0.25) is 0 Å². The number of amidine groups is 1. The van der Waals surface area contributed by atoms with Gasteiger partial charge in [0, 0.05) is 11.3 Å². The zero-order valence-electron chi connectivity index (χ0n) is 17.6. The number of carbonyl (C=O) groups excluding carboxylic acids is 2. The van der Waals surface area contributed by atoms with E-state index in [9.17, 15) is 14.7 Å². The fraction of sp³-hybridized carbons (Fsp3) is 0.375. The molecule has 1 atom stereocenters. The number of fused-ring (bicyclic) bond motifs is 1. The lowest BCUT2D eigenvalue weighted by molar-refractivity contribution is -0.118. The summed E-state index contributed by atoms with van der Waals surface area (Å²) in [7, 11) is 0. The van der Waals surface area contributed by atoms with Gasteiger partial charge in [0.25, 0.3) is 5.91 Å². The number of phenols is 1. The molecule has 30 heavy (non-hydrogen) atoms. The fourth-order valence-electron chi connectivity index (χ4n) is 4.65. The fourth-order valence-corrected chi connectivity index (χ4v) is 4.65. The molecule has 2 aromatic rings. The zero-order valence-corrected chi connectivity index (χ0v) is 17.6. The molecular formula is C24H27N3O3. The number of phenolic OH excluding ortho intramolecular Hbond substituents is 1. The lowest BCUT2D eigenvalue weighted by Crippen LogP contribution is -2.35. The smallest absolute Gasteiger partial charge is 0.291 e. The van der Waals surface area contributed by atoms with E-state index in [1.54, 1.807) is 0 Å². The van der Waals surface area contributed by atoms with Crippen molar-refractivity contribution >= 4 is 23.3 Å². The molecule has 3 N–H and O–H groups in total. The van der Waals surface area contributed by atoms with Gasteiger partial charge in [-0.05, 0) is 91.5 Å². The average Bonchev–Trinajstić information content (AvgIpc) is 3.13. The van der Waals surface area contributed by atoms with Gasteiger partial charge >= 0.3 is 0 Å². The SMILES string of the molecule is Cc1cc(NC(=O)C2=NCC(=O)N2)cc(C)c1Cc1ccc(O)c2c1CCC[C@@H]2C. The van der Waals surface area contributed by atoms with E-state index >= 15 is 0 Å². The minimum atomic E-state index is -0.408. The predicted octanol–water partition coefficient (Wildman–Crippen LogP) is 3.51. The number of aromatic hydroxyl groups is 1. The van der Waals surface area contributed by atoms with Gasteiger partial charge in [-0.1, -0.05) is 13.0 Å². The molecule has 2 amide bonds. The molecule has 0 saturated carbocycles. The second-order valence-corrected chi connectivity index (χ2v) is 8.36. The third kappa shape index (κ3) is 3.82. The molecule has 1 aliphatic carbocycles. The van der Waals surface area contributed by atoms with E-state index < -0.39 is 5.91 Å². The highest BCUT2D eigenvalue weighted by Gasteiger charge is 2.24. The van der Waals surface area contributed by atoms with Gasteiger partial charge in [0.1, 0.15) is 12.3 Å². The summed E-state index contributed by atoms with van der Waals surface area (Å²) in [6, 6.07) is 7.77. The summed E-state index contributed by atoms with van der Waals surface area (Å²) in [6.45, 7) is 6.27. The molecule has 1 heterocycles. The highest BCUT2D eigenvalue weighted by atomic mass is 16.3. The van der Waals surface area contributed by atoms with Crippen molar-refractivity contribution in [1.82, 2.24) is 5.32 Å². The van der Waals surface area contributed by atoms with E-state index in [-0.39, 0.29) is 18.3 Å². The van der Waals surface area contributed by atoms with Crippen molar-refractivity contribution in [2.45, 2.75) is 52.4 Å². The van der Waals surface area contributed by atoms with Crippen LogP contribution in [-0.4, -0.2) is 29.3 Å². The molecule has 156 valence electrons. The molecule has 1 aliphatic heterocycles. The summed E-state index contributed by atoms with van der Waals surface area (Å²) >= 11 is 0. The van der Waals surface area contributed by atoms with Crippen molar-refractivity contribution < 1.29 is 14.7 Å². The Morgan fingerprint density at radius 2 is 2.00 bits per heavy atom. The van der Waals surface area contributed by atoms with E-state index in [2.05, 4.69) is 22.5 Å². The maximum absolute atomic E-state index is 12.3. The van der Waals surface area contributed by atoms with Crippen molar-refractivity contribution in [3.63, 3.8) is 0 Å². The summed E-state index contributed by atoms with van der Waals surface area (Å²) < 4.78 is 0. The normalized spacial score (nSPS) is 17.9. The van der Waals surface area contributed by atoms with Crippen molar-refractivity contribution in [2.24, 2.45) is 4.99 Å². The Balaban J connectivity index is 1.59. The summed E-state index contributed by atoms with van der Waals surface area (Å²) in [6.07, 6.45) is 4.06. The van der Waals surface area contributed by atoms with Crippen LogP contribution in [0.15, 0.2) is 29.3 Å². The first kappa shape index (κ1) is 20.1. The zero-order chi connectivity index (χ0) is 21.4. The predicted molar refractivity (Wildman–Crippen MR) is 117 cm³/mol. The molecule has 2 aromatic carbocycles. The van der Waals surface area contributed by atoms with E-state index in [0.717, 1.165) is 42.4 Å². The largest absolute Gasteiger partial charge is 0.508 e. The molecule has 0 unspecified atom stereocenters.